The number of aryl methyl sites for hydroxylation is 1. The molecule has 4 N–H and O–H groups in total. The SMILES string of the molecule is CCN(N)c1cccc(C)c1NC[C@@H]1CN(Cc2cc(CC(C)(C)C(=O)O)sc2Cl)S(=O)c2cnccc2O1. The summed E-state index contributed by atoms with van der Waals surface area (Å²) in [6.45, 7) is 9.16. The number of hydrogen-bond donors (Lipinski definition) is 3. The number of ether oxygens (including phenoxy) is 1. The first-order valence-corrected chi connectivity index (χ1v) is 14.9. The lowest BCUT2D eigenvalue weighted by Gasteiger charge is -2.26. The molecule has 4 rings (SSSR count). The Kier molecular flexibility index (Phi) is 9.18. The standard InChI is InChI=1S/C27H34ClN5O4S2/c1-5-33(29)21-8-6-7-17(2)24(21)31-13-19-16-32(39(36)23-14-30-10-9-22(23)37-19)15-18-11-20(38-25(18)28)12-27(3,4)26(34)35/h6-11,14,19,31H,5,12-13,15-16,29H2,1-4H3,(H,34,35)/t19-,39?/m1/s1. The molecule has 39 heavy (non-hydrogen) atoms. The predicted molar refractivity (Wildman–Crippen MR) is 157 cm³/mol. The summed E-state index contributed by atoms with van der Waals surface area (Å²) in [4.78, 5) is 17.1. The molecule has 2 aromatic heterocycles. The average molecular weight is 592 g/mol. The summed E-state index contributed by atoms with van der Waals surface area (Å²) in [5, 5.41) is 14.7. The van der Waals surface area contributed by atoms with Gasteiger partial charge in [-0.2, -0.15) is 0 Å². The Morgan fingerprint density at radius 3 is 2.90 bits per heavy atom. The van der Waals surface area contributed by atoms with E-state index in [9.17, 15) is 14.1 Å². The van der Waals surface area contributed by atoms with Gasteiger partial charge in [0.2, 0.25) is 0 Å². The van der Waals surface area contributed by atoms with E-state index in [2.05, 4.69) is 10.3 Å². The van der Waals surface area contributed by atoms with Gasteiger partial charge >= 0.3 is 5.97 Å². The Morgan fingerprint density at radius 2 is 2.18 bits per heavy atom. The van der Waals surface area contributed by atoms with Crippen molar-refractivity contribution < 1.29 is 18.8 Å². The minimum atomic E-state index is -1.54. The molecule has 0 saturated heterocycles. The van der Waals surface area contributed by atoms with Crippen molar-refractivity contribution in [2.45, 2.75) is 51.7 Å². The highest BCUT2D eigenvalue weighted by molar-refractivity contribution is 7.82. The van der Waals surface area contributed by atoms with Gasteiger partial charge in [0.05, 0.1) is 34.2 Å². The molecule has 0 amide bonds. The molecule has 0 spiro atoms. The van der Waals surface area contributed by atoms with Crippen LogP contribution >= 0.6 is 22.9 Å². The highest BCUT2D eigenvalue weighted by Crippen LogP contribution is 2.36. The Bertz CT molecular complexity index is 1370. The number of rotatable bonds is 10. The number of nitrogens with two attached hydrogens (primary N) is 1. The lowest BCUT2D eigenvalue weighted by molar-refractivity contribution is -0.146. The van der Waals surface area contributed by atoms with Crippen LogP contribution < -0.4 is 20.9 Å². The zero-order valence-corrected chi connectivity index (χ0v) is 24.8. The van der Waals surface area contributed by atoms with Crippen molar-refractivity contribution in [3.63, 3.8) is 0 Å². The van der Waals surface area contributed by atoms with Crippen LogP contribution in [-0.2, 0) is 28.7 Å². The molecule has 0 radical (unpaired) electrons. The Labute approximate surface area is 240 Å². The number of fused-ring (bicyclic) bond motifs is 1. The lowest BCUT2D eigenvalue weighted by atomic mass is 9.89. The van der Waals surface area contributed by atoms with Gasteiger partial charge < -0.3 is 20.2 Å². The molecule has 0 bridgehead atoms. The number of aliphatic carboxylic acids is 1. The third kappa shape index (κ3) is 6.72. The molecule has 12 heteroatoms. The van der Waals surface area contributed by atoms with Crippen LogP contribution in [0.15, 0.2) is 47.6 Å². The number of aromatic nitrogens is 1. The van der Waals surface area contributed by atoms with Crippen LogP contribution in [-0.4, -0.2) is 50.3 Å². The van der Waals surface area contributed by atoms with Crippen molar-refractivity contribution in [1.82, 2.24) is 9.29 Å². The first kappa shape index (κ1) is 29.3. The number of pyridine rings is 1. The van der Waals surface area contributed by atoms with Gasteiger partial charge in [-0.05, 0) is 63.4 Å². The number of thiophene rings is 1. The first-order chi connectivity index (χ1) is 18.5. The summed E-state index contributed by atoms with van der Waals surface area (Å²) < 4.78 is 22.4. The number of carbonyl (C=O) groups is 1. The lowest BCUT2D eigenvalue weighted by Crippen LogP contribution is -2.38. The second kappa shape index (κ2) is 12.2. The van der Waals surface area contributed by atoms with Crippen molar-refractivity contribution in [1.29, 1.82) is 0 Å². The predicted octanol–water partition coefficient (Wildman–Crippen LogP) is 4.86. The van der Waals surface area contributed by atoms with E-state index in [0.717, 1.165) is 27.4 Å². The molecule has 9 nitrogen and oxygen atoms in total. The van der Waals surface area contributed by atoms with E-state index >= 15 is 0 Å². The summed E-state index contributed by atoms with van der Waals surface area (Å²) >= 11 is 7.95. The molecule has 210 valence electrons. The van der Waals surface area contributed by atoms with Crippen molar-refractivity contribution in [2.75, 3.05) is 30.0 Å². The highest BCUT2D eigenvalue weighted by atomic mass is 35.5. The monoisotopic (exact) mass is 591 g/mol. The Morgan fingerprint density at radius 1 is 1.41 bits per heavy atom. The molecular formula is C27H34ClN5O4S2. The largest absolute Gasteiger partial charge is 0.486 e. The summed E-state index contributed by atoms with van der Waals surface area (Å²) in [5.41, 5.74) is 2.74. The fraction of sp³-hybridized carbons (Fsp3) is 0.407. The quantitative estimate of drug-likeness (QED) is 0.226. The van der Waals surface area contributed by atoms with E-state index in [4.69, 9.17) is 22.2 Å². The van der Waals surface area contributed by atoms with E-state index in [-0.39, 0.29) is 6.10 Å². The van der Waals surface area contributed by atoms with Gasteiger partial charge in [-0.3, -0.25) is 9.78 Å². The fourth-order valence-electron chi connectivity index (χ4n) is 4.34. The summed E-state index contributed by atoms with van der Waals surface area (Å²) in [7, 11) is -1.54. The molecule has 3 heterocycles. The number of para-hydroxylation sites is 1. The van der Waals surface area contributed by atoms with Crippen LogP contribution in [0.2, 0.25) is 4.34 Å². The summed E-state index contributed by atoms with van der Waals surface area (Å²) in [6.07, 6.45) is 3.19. The normalized spacial score (nSPS) is 17.7. The molecule has 2 atom stereocenters. The number of halogens is 1. The van der Waals surface area contributed by atoms with Crippen LogP contribution in [0.5, 0.6) is 5.75 Å². The average Bonchev–Trinajstić information content (AvgIpc) is 3.16. The van der Waals surface area contributed by atoms with Crippen molar-refractivity contribution >= 4 is 51.3 Å². The van der Waals surface area contributed by atoms with Crippen molar-refractivity contribution in [3.05, 3.63) is 63.1 Å². The zero-order chi connectivity index (χ0) is 28.3. The van der Waals surface area contributed by atoms with Gasteiger partial charge in [-0.25, -0.2) is 14.4 Å². The van der Waals surface area contributed by atoms with E-state index < -0.39 is 22.4 Å². The smallest absolute Gasteiger partial charge is 0.309 e. The molecule has 3 aromatic rings. The minimum Gasteiger partial charge on any atom is -0.486 e. The first-order valence-electron chi connectivity index (χ1n) is 12.6. The highest BCUT2D eigenvalue weighted by Gasteiger charge is 2.32. The second-order valence-electron chi connectivity index (χ2n) is 10.1. The van der Waals surface area contributed by atoms with Gasteiger partial charge in [0, 0.05) is 30.4 Å². The number of carboxylic acids is 1. The minimum absolute atomic E-state index is 0.311. The molecular weight excluding hydrogens is 558 g/mol. The fourth-order valence-corrected chi connectivity index (χ4v) is 7.15. The van der Waals surface area contributed by atoms with Gasteiger partial charge in [0.15, 0.2) is 0 Å². The van der Waals surface area contributed by atoms with E-state index in [0.29, 0.717) is 47.6 Å². The number of hydrazine groups is 1. The van der Waals surface area contributed by atoms with Crippen molar-refractivity contribution in [3.8, 4) is 5.75 Å². The van der Waals surface area contributed by atoms with Crippen LogP contribution in [0.25, 0.3) is 0 Å². The maximum Gasteiger partial charge on any atom is 0.309 e. The number of nitrogens with zero attached hydrogens (tertiary/aromatic N) is 3. The number of benzene rings is 1. The molecule has 1 aliphatic heterocycles. The number of nitrogens with one attached hydrogen (secondary N) is 1. The summed E-state index contributed by atoms with van der Waals surface area (Å²) in [5.74, 6) is 5.88. The zero-order valence-electron chi connectivity index (χ0n) is 22.4. The van der Waals surface area contributed by atoms with Crippen molar-refractivity contribution in [2.24, 2.45) is 11.3 Å². The maximum atomic E-state index is 13.7. The Hall–Kier alpha value is -2.70. The molecule has 1 aliphatic rings. The van der Waals surface area contributed by atoms with Crippen LogP contribution in [0.4, 0.5) is 11.4 Å². The number of hydrogen-bond acceptors (Lipinski definition) is 8. The van der Waals surface area contributed by atoms with Gasteiger partial charge in [-0.1, -0.05) is 23.7 Å². The molecule has 1 unspecified atom stereocenters. The van der Waals surface area contributed by atoms with E-state index in [1.54, 1.807) is 37.3 Å². The third-order valence-electron chi connectivity index (χ3n) is 6.63. The molecule has 1 aromatic carbocycles. The van der Waals surface area contributed by atoms with E-state index in [1.807, 2.05) is 42.4 Å². The topological polar surface area (TPSA) is 121 Å². The van der Waals surface area contributed by atoms with Gasteiger partial charge in [0.25, 0.3) is 0 Å². The molecule has 0 saturated carbocycles. The summed E-state index contributed by atoms with van der Waals surface area (Å²) in [6, 6.07) is 9.60. The number of carboxylic acid groups (broad SMARTS) is 1. The molecule has 0 aliphatic carbocycles. The number of anilines is 2. The van der Waals surface area contributed by atoms with E-state index in [1.165, 1.54) is 11.3 Å². The van der Waals surface area contributed by atoms with Gasteiger partial charge in [-0.15, -0.1) is 11.3 Å². The molecule has 0 fully saturated rings. The van der Waals surface area contributed by atoms with Crippen LogP contribution in [0.3, 0.4) is 0 Å². The maximum absolute atomic E-state index is 13.7. The van der Waals surface area contributed by atoms with Gasteiger partial charge in [0.1, 0.15) is 27.7 Å². The van der Waals surface area contributed by atoms with Crippen LogP contribution in [0, 0.1) is 12.3 Å². The second-order valence-corrected chi connectivity index (χ2v) is 13.3. The Balaban J connectivity index is 1.58. The third-order valence-corrected chi connectivity index (χ3v) is 9.50. The van der Waals surface area contributed by atoms with Crippen LogP contribution in [0.1, 0.15) is 36.8 Å².